The van der Waals surface area contributed by atoms with Gasteiger partial charge in [0.15, 0.2) is 5.69 Å². The molecule has 0 aliphatic rings. The normalized spacial score (nSPS) is 12.3. The lowest BCUT2D eigenvalue weighted by molar-refractivity contribution is -0.141. The van der Waals surface area contributed by atoms with E-state index < -0.39 is 11.9 Å². The van der Waals surface area contributed by atoms with Crippen LogP contribution in [0.25, 0.3) is 0 Å². The topological polar surface area (TPSA) is 70.1 Å². The third kappa shape index (κ3) is 5.74. The van der Waals surface area contributed by atoms with Crippen LogP contribution in [0.5, 0.6) is 0 Å². The molecular formula is C13H21F3N4O. The average Bonchev–Trinajstić information content (AvgIpc) is 2.36. The number of nitrogens with zero attached hydrogens (tertiary/aromatic N) is 2. The van der Waals surface area contributed by atoms with Gasteiger partial charge in [0.1, 0.15) is 5.82 Å². The molecule has 0 radical (unpaired) electrons. The maximum absolute atomic E-state index is 12.8. The number of halogens is 3. The van der Waals surface area contributed by atoms with E-state index in [2.05, 4.69) is 20.6 Å². The molecule has 0 aliphatic carbocycles. The number of anilines is 2. The van der Waals surface area contributed by atoms with Gasteiger partial charge >= 0.3 is 6.18 Å². The Kier molecular flexibility index (Phi) is 5.77. The fraction of sp³-hybridized carbons (Fsp3) is 0.692. The predicted octanol–water partition coefficient (Wildman–Crippen LogP) is 2.75. The van der Waals surface area contributed by atoms with Crippen LogP contribution >= 0.6 is 0 Å². The third-order valence-corrected chi connectivity index (χ3v) is 2.89. The molecule has 0 bridgehead atoms. The van der Waals surface area contributed by atoms with E-state index in [-0.39, 0.29) is 23.8 Å². The lowest BCUT2D eigenvalue weighted by atomic mass is 9.90. The molecule has 5 nitrogen and oxygen atoms in total. The van der Waals surface area contributed by atoms with Gasteiger partial charge in [-0.25, -0.2) is 4.98 Å². The van der Waals surface area contributed by atoms with Crippen molar-refractivity contribution in [2.45, 2.75) is 33.4 Å². The van der Waals surface area contributed by atoms with E-state index in [1.54, 1.807) is 6.92 Å². The van der Waals surface area contributed by atoms with E-state index in [9.17, 15) is 13.2 Å². The SMILES string of the molecule is CCNc1nc(NCC(C)(C)CCO)cc(C(F)(F)F)n1. The number of aliphatic hydroxyl groups is 1. The van der Waals surface area contributed by atoms with Crippen molar-refractivity contribution in [3.63, 3.8) is 0 Å². The van der Waals surface area contributed by atoms with Gasteiger partial charge in [0.2, 0.25) is 5.95 Å². The molecular weight excluding hydrogens is 285 g/mol. The van der Waals surface area contributed by atoms with Crippen molar-refractivity contribution >= 4 is 11.8 Å². The number of hydrogen-bond donors (Lipinski definition) is 3. The smallest absolute Gasteiger partial charge is 0.396 e. The van der Waals surface area contributed by atoms with Crippen LogP contribution in [0.1, 0.15) is 32.9 Å². The molecule has 1 heterocycles. The van der Waals surface area contributed by atoms with Gasteiger partial charge in [-0.2, -0.15) is 18.2 Å². The predicted molar refractivity (Wildman–Crippen MR) is 75.2 cm³/mol. The molecule has 0 unspecified atom stereocenters. The molecule has 1 aromatic heterocycles. The number of hydrogen-bond acceptors (Lipinski definition) is 5. The Morgan fingerprint density at radius 3 is 2.38 bits per heavy atom. The summed E-state index contributed by atoms with van der Waals surface area (Å²) in [5.74, 6) is 0.0501. The third-order valence-electron chi connectivity index (χ3n) is 2.89. The Labute approximate surface area is 122 Å². The molecule has 0 aromatic carbocycles. The number of nitrogens with one attached hydrogen (secondary N) is 2. The molecule has 0 atom stereocenters. The summed E-state index contributed by atoms with van der Waals surface area (Å²) < 4.78 is 38.4. The summed E-state index contributed by atoms with van der Waals surface area (Å²) in [7, 11) is 0. The zero-order chi connectivity index (χ0) is 16.1. The molecule has 0 saturated heterocycles. The minimum Gasteiger partial charge on any atom is -0.396 e. The Hall–Kier alpha value is -1.57. The van der Waals surface area contributed by atoms with E-state index in [4.69, 9.17) is 5.11 Å². The molecule has 0 spiro atoms. The molecule has 8 heteroatoms. The molecule has 1 aromatic rings. The lowest BCUT2D eigenvalue weighted by Gasteiger charge is -2.24. The number of aromatic nitrogens is 2. The Morgan fingerprint density at radius 1 is 1.19 bits per heavy atom. The van der Waals surface area contributed by atoms with E-state index in [1.165, 1.54) is 0 Å². The Morgan fingerprint density at radius 2 is 1.86 bits per heavy atom. The summed E-state index contributed by atoms with van der Waals surface area (Å²) in [5, 5.41) is 14.5. The molecule has 0 fully saturated rings. The zero-order valence-corrected chi connectivity index (χ0v) is 12.4. The van der Waals surface area contributed by atoms with Crippen molar-refractivity contribution in [1.82, 2.24) is 9.97 Å². The van der Waals surface area contributed by atoms with E-state index in [1.807, 2.05) is 13.8 Å². The van der Waals surface area contributed by atoms with Crippen LogP contribution in [0.3, 0.4) is 0 Å². The molecule has 3 N–H and O–H groups in total. The molecule has 0 amide bonds. The second-order valence-electron chi connectivity index (χ2n) is 5.48. The molecule has 1 rings (SSSR count). The van der Waals surface area contributed by atoms with Gasteiger partial charge in [0, 0.05) is 25.8 Å². The van der Waals surface area contributed by atoms with Crippen LogP contribution in [0, 0.1) is 5.41 Å². The van der Waals surface area contributed by atoms with Crippen molar-refractivity contribution < 1.29 is 18.3 Å². The number of aliphatic hydroxyl groups excluding tert-OH is 1. The highest BCUT2D eigenvalue weighted by Gasteiger charge is 2.33. The Bertz CT molecular complexity index is 463. The lowest BCUT2D eigenvalue weighted by Crippen LogP contribution is -2.25. The van der Waals surface area contributed by atoms with E-state index in [0.717, 1.165) is 6.07 Å². The fourth-order valence-electron chi connectivity index (χ4n) is 1.64. The maximum Gasteiger partial charge on any atom is 0.433 e. The standard InChI is InChI=1S/C13H21F3N4O/c1-4-17-11-19-9(13(14,15)16)7-10(20-11)18-8-12(2,3)5-6-21/h7,21H,4-6,8H2,1-3H3,(H2,17,18,19,20). The van der Waals surface area contributed by atoms with Crippen molar-refractivity contribution in [2.24, 2.45) is 5.41 Å². The quantitative estimate of drug-likeness (QED) is 0.722. The molecule has 120 valence electrons. The van der Waals surface area contributed by atoms with Gasteiger partial charge in [-0.05, 0) is 18.8 Å². The monoisotopic (exact) mass is 306 g/mol. The van der Waals surface area contributed by atoms with Crippen molar-refractivity contribution in [3.05, 3.63) is 11.8 Å². The van der Waals surface area contributed by atoms with E-state index in [0.29, 0.717) is 19.5 Å². The van der Waals surface area contributed by atoms with E-state index >= 15 is 0 Å². The van der Waals surface area contributed by atoms with Crippen LogP contribution in [0.15, 0.2) is 6.07 Å². The minimum atomic E-state index is -4.52. The average molecular weight is 306 g/mol. The van der Waals surface area contributed by atoms with Gasteiger partial charge < -0.3 is 15.7 Å². The first kappa shape index (κ1) is 17.5. The van der Waals surface area contributed by atoms with Gasteiger partial charge in [-0.3, -0.25) is 0 Å². The van der Waals surface area contributed by atoms with Crippen molar-refractivity contribution in [2.75, 3.05) is 30.3 Å². The first-order chi connectivity index (χ1) is 9.68. The highest BCUT2D eigenvalue weighted by Crippen LogP contribution is 2.30. The summed E-state index contributed by atoms with van der Waals surface area (Å²) in [6, 6.07) is 0.885. The van der Waals surface area contributed by atoms with Crippen LogP contribution in [0.2, 0.25) is 0 Å². The second kappa shape index (κ2) is 6.93. The Balaban J connectivity index is 2.93. The van der Waals surface area contributed by atoms with Crippen LogP contribution < -0.4 is 10.6 Å². The van der Waals surface area contributed by atoms with Crippen LogP contribution in [-0.4, -0.2) is 34.8 Å². The van der Waals surface area contributed by atoms with Crippen LogP contribution in [-0.2, 0) is 6.18 Å². The van der Waals surface area contributed by atoms with Gasteiger partial charge in [0.25, 0.3) is 0 Å². The maximum atomic E-state index is 12.8. The number of rotatable bonds is 7. The molecule has 0 saturated carbocycles. The first-order valence-corrected chi connectivity index (χ1v) is 6.73. The largest absolute Gasteiger partial charge is 0.433 e. The first-order valence-electron chi connectivity index (χ1n) is 6.73. The summed E-state index contributed by atoms with van der Waals surface area (Å²) in [5.41, 5.74) is -1.24. The molecule has 21 heavy (non-hydrogen) atoms. The van der Waals surface area contributed by atoms with Gasteiger partial charge in [0.05, 0.1) is 0 Å². The summed E-state index contributed by atoms with van der Waals surface area (Å²) >= 11 is 0. The van der Waals surface area contributed by atoms with Crippen molar-refractivity contribution in [1.29, 1.82) is 0 Å². The van der Waals surface area contributed by atoms with Crippen LogP contribution in [0.4, 0.5) is 24.9 Å². The summed E-state index contributed by atoms with van der Waals surface area (Å²) in [6.45, 7) is 6.42. The van der Waals surface area contributed by atoms with Crippen molar-refractivity contribution in [3.8, 4) is 0 Å². The summed E-state index contributed by atoms with van der Waals surface area (Å²) in [4.78, 5) is 7.45. The minimum absolute atomic E-state index is 0.0227. The van der Waals surface area contributed by atoms with Gasteiger partial charge in [-0.15, -0.1) is 0 Å². The number of alkyl halides is 3. The highest BCUT2D eigenvalue weighted by molar-refractivity contribution is 5.43. The summed E-state index contributed by atoms with van der Waals surface area (Å²) in [6.07, 6.45) is -3.98. The second-order valence-corrected chi connectivity index (χ2v) is 5.48. The zero-order valence-electron chi connectivity index (χ0n) is 12.4. The van der Waals surface area contributed by atoms with Gasteiger partial charge in [-0.1, -0.05) is 13.8 Å². The highest BCUT2D eigenvalue weighted by atomic mass is 19.4. The fourth-order valence-corrected chi connectivity index (χ4v) is 1.64. The molecule has 0 aliphatic heterocycles.